The first kappa shape index (κ1) is 18.5. The monoisotopic (exact) mass is 385 g/mol. The van der Waals surface area contributed by atoms with E-state index in [1.807, 2.05) is 0 Å². The van der Waals surface area contributed by atoms with Gasteiger partial charge in [-0.2, -0.15) is 4.98 Å². The number of carbonyl (C=O) groups is 1. The van der Waals surface area contributed by atoms with Gasteiger partial charge < -0.3 is 23.9 Å². The summed E-state index contributed by atoms with van der Waals surface area (Å²) in [7, 11) is 3.09. The van der Waals surface area contributed by atoms with Crippen molar-refractivity contribution in [1.29, 1.82) is 0 Å². The molecule has 8 heteroatoms. The first-order valence-corrected chi connectivity index (χ1v) is 8.14. The van der Waals surface area contributed by atoms with E-state index in [1.54, 1.807) is 43.5 Å². The third-order valence-electron chi connectivity index (χ3n) is 3.72. The van der Waals surface area contributed by atoms with Gasteiger partial charge in [0.15, 0.2) is 0 Å². The van der Waals surface area contributed by atoms with Crippen LogP contribution in [0, 0.1) is 0 Å². The number of aromatic carboxylic acids is 1. The van der Waals surface area contributed by atoms with E-state index in [1.165, 1.54) is 19.2 Å². The van der Waals surface area contributed by atoms with Crippen LogP contribution in [0.15, 0.2) is 47.0 Å². The molecule has 0 atom stereocenters. The number of benzene rings is 2. The number of nitrogens with zero attached hydrogens (tertiary/aromatic N) is 2. The molecule has 1 heterocycles. The number of ether oxygens (including phenoxy) is 2. The molecule has 0 saturated heterocycles. The Morgan fingerprint density at radius 1 is 1.15 bits per heavy atom. The lowest BCUT2D eigenvalue weighted by molar-refractivity contribution is -0.255. The summed E-state index contributed by atoms with van der Waals surface area (Å²) in [5.41, 5.74) is 1.37. The highest BCUT2D eigenvalue weighted by Gasteiger charge is 2.16. The predicted octanol–water partition coefficient (Wildman–Crippen LogP) is 2.85. The molecule has 1 aromatic heterocycles. The molecular weight excluding hydrogens is 372 g/mol. The van der Waals surface area contributed by atoms with Crippen molar-refractivity contribution in [3.8, 4) is 22.9 Å². The van der Waals surface area contributed by atoms with E-state index in [0.717, 1.165) is 0 Å². The lowest BCUT2D eigenvalue weighted by atomic mass is 10.1. The topological polar surface area (TPSA) is 97.5 Å². The number of aromatic nitrogens is 2. The van der Waals surface area contributed by atoms with Crippen LogP contribution in [0.25, 0.3) is 22.5 Å². The molecule has 0 fully saturated rings. The molecule has 0 amide bonds. The Bertz CT molecular complexity index is 996. The molecule has 27 heavy (non-hydrogen) atoms. The van der Waals surface area contributed by atoms with Gasteiger partial charge in [-0.3, -0.25) is 0 Å². The Kier molecular flexibility index (Phi) is 5.42. The fraction of sp³-hybridized carbons (Fsp3) is 0.105. The van der Waals surface area contributed by atoms with E-state index in [2.05, 4.69) is 10.1 Å². The maximum absolute atomic E-state index is 10.8. The molecule has 7 nitrogen and oxygen atoms in total. The minimum atomic E-state index is -1.24. The SMILES string of the molecule is COc1ccc(-c2noc(/C(Cl)=C/c3ccc(C(=O)[O-])cc3)n2)c(OC)c1. The molecule has 0 aliphatic rings. The van der Waals surface area contributed by atoms with Crippen LogP contribution in [0.4, 0.5) is 0 Å². The van der Waals surface area contributed by atoms with Gasteiger partial charge in [0.25, 0.3) is 5.89 Å². The lowest BCUT2D eigenvalue weighted by Gasteiger charge is -2.07. The number of methoxy groups -OCH3 is 2. The van der Waals surface area contributed by atoms with Crippen molar-refractivity contribution in [1.82, 2.24) is 10.1 Å². The molecule has 0 aliphatic heterocycles. The second kappa shape index (κ2) is 7.92. The number of carbonyl (C=O) groups excluding carboxylic acids is 1. The average Bonchev–Trinajstić information content (AvgIpc) is 3.18. The van der Waals surface area contributed by atoms with Gasteiger partial charge in [0, 0.05) is 6.07 Å². The molecule has 3 aromatic rings. The molecule has 0 unspecified atom stereocenters. The lowest BCUT2D eigenvalue weighted by Crippen LogP contribution is -2.21. The normalized spacial score (nSPS) is 11.3. The summed E-state index contributed by atoms with van der Waals surface area (Å²) < 4.78 is 15.7. The molecule has 0 aliphatic carbocycles. The highest BCUT2D eigenvalue weighted by atomic mass is 35.5. The number of halogens is 1. The van der Waals surface area contributed by atoms with Gasteiger partial charge in [0.1, 0.15) is 16.5 Å². The van der Waals surface area contributed by atoms with Gasteiger partial charge in [-0.1, -0.05) is 41.0 Å². The summed E-state index contributed by atoms with van der Waals surface area (Å²) in [6.45, 7) is 0. The van der Waals surface area contributed by atoms with Crippen LogP contribution in [0.1, 0.15) is 21.8 Å². The van der Waals surface area contributed by atoms with E-state index in [4.69, 9.17) is 25.6 Å². The highest BCUT2D eigenvalue weighted by Crippen LogP contribution is 2.32. The van der Waals surface area contributed by atoms with Crippen molar-refractivity contribution >= 4 is 28.7 Å². The summed E-state index contributed by atoms with van der Waals surface area (Å²) in [6, 6.07) is 11.3. The summed E-state index contributed by atoms with van der Waals surface area (Å²) in [6.07, 6.45) is 1.59. The molecule has 0 spiro atoms. The average molecular weight is 386 g/mol. The molecular formula is C19H14ClN2O5-. The third-order valence-corrected chi connectivity index (χ3v) is 3.99. The predicted molar refractivity (Wildman–Crippen MR) is 97.3 cm³/mol. The number of carboxylic acids is 1. The van der Waals surface area contributed by atoms with Gasteiger partial charge in [0.2, 0.25) is 5.82 Å². The van der Waals surface area contributed by atoms with Crippen LogP contribution in [-0.4, -0.2) is 30.3 Å². The third kappa shape index (κ3) is 4.09. The molecule has 0 saturated carbocycles. The van der Waals surface area contributed by atoms with Gasteiger partial charge in [-0.25, -0.2) is 0 Å². The molecule has 0 radical (unpaired) electrons. The van der Waals surface area contributed by atoms with Crippen molar-refractivity contribution < 1.29 is 23.9 Å². The van der Waals surface area contributed by atoms with Gasteiger partial charge >= 0.3 is 0 Å². The fourth-order valence-corrected chi connectivity index (χ4v) is 2.54. The molecule has 0 N–H and O–H groups in total. The summed E-state index contributed by atoms with van der Waals surface area (Å²) in [5, 5.41) is 14.9. The van der Waals surface area contributed by atoms with Crippen LogP contribution < -0.4 is 14.6 Å². The molecule has 0 bridgehead atoms. The minimum Gasteiger partial charge on any atom is -0.545 e. The Hall–Kier alpha value is -3.32. The van der Waals surface area contributed by atoms with Crippen molar-refractivity contribution in [2.45, 2.75) is 0 Å². The number of hydrogen-bond donors (Lipinski definition) is 0. The summed E-state index contributed by atoms with van der Waals surface area (Å²) in [5.74, 6) is 0.348. The first-order chi connectivity index (χ1) is 13.0. The molecule has 3 rings (SSSR count). The molecule has 138 valence electrons. The Labute approximate surface area is 159 Å². The Morgan fingerprint density at radius 3 is 2.52 bits per heavy atom. The van der Waals surface area contributed by atoms with E-state index < -0.39 is 5.97 Å². The van der Waals surface area contributed by atoms with E-state index in [9.17, 15) is 9.90 Å². The zero-order chi connectivity index (χ0) is 19.4. The van der Waals surface area contributed by atoms with Gasteiger partial charge in [0.05, 0.1) is 25.8 Å². The molecule has 2 aromatic carbocycles. The maximum atomic E-state index is 10.8. The second-order valence-electron chi connectivity index (χ2n) is 5.39. The van der Waals surface area contributed by atoms with E-state index >= 15 is 0 Å². The number of hydrogen-bond acceptors (Lipinski definition) is 7. The quantitative estimate of drug-likeness (QED) is 0.643. The van der Waals surface area contributed by atoms with Crippen LogP contribution in [0.2, 0.25) is 0 Å². The van der Waals surface area contributed by atoms with E-state index in [-0.39, 0.29) is 16.5 Å². The minimum absolute atomic E-state index is 0.0787. The fourth-order valence-electron chi connectivity index (χ4n) is 2.34. The first-order valence-electron chi connectivity index (χ1n) is 7.77. The zero-order valence-electron chi connectivity index (χ0n) is 14.4. The van der Waals surface area contributed by atoms with Gasteiger partial charge in [-0.15, -0.1) is 0 Å². The largest absolute Gasteiger partial charge is 0.545 e. The van der Waals surface area contributed by atoms with Crippen molar-refractivity contribution in [3.05, 3.63) is 59.5 Å². The second-order valence-corrected chi connectivity index (χ2v) is 5.80. The van der Waals surface area contributed by atoms with Gasteiger partial charge in [-0.05, 0) is 29.3 Å². The highest BCUT2D eigenvalue weighted by molar-refractivity contribution is 6.50. The smallest absolute Gasteiger partial charge is 0.269 e. The summed E-state index contributed by atoms with van der Waals surface area (Å²) in [4.78, 5) is 15.1. The van der Waals surface area contributed by atoms with Crippen molar-refractivity contribution in [3.63, 3.8) is 0 Å². The maximum Gasteiger partial charge on any atom is 0.269 e. The van der Waals surface area contributed by atoms with Crippen LogP contribution in [0.5, 0.6) is 11.5 Å². The van der Waals surface area contributed by atoms with Crippen LogP contribution in [-0.2, 0) is 0 Å². The number of carboxylic acid groups (broad SMARTS) is 1. The van der Waals surface area contributed by atoms with Crippen LogP contribution >= 0.6 is 11.6 Å². The Morgan fingerprint density at radius 2 is 1.89 bits per heavy atom. The van der Waals surface area contributed by atoms with Crippen LogP contribution in [0.3, 0.4) is 0 Å². The van der Waals surface area contributed by atoms with E-state index in [0.29, 0.717) is 28.5 Å². The van der Waals surface area contributed by atoms with Crippen molar-refractivity contribution in [2.75, 3.05) is 14.2 Å². The Balaban J connectivity index is 1.87. The summed E-state index contributed by atoms with van der Waals surface area (Å²) >= 11 is 6.25. The number of rotatable bonds is 6. The van der Waals surface area contributed by atoms with Crippen molar-refractivity contribution in [2.24, 2.45) is 0 Å². The standard InChI is InChI=1S/C19H15ClN2O5/c1-25-13-7-8-14(16(10-13)26-2)17-21-18(27-22-17)15(20)9-11-3-5-12(6-4-11)19(23)24/h3-10H,1-2H3,(H,23,24)/p-1/b15-9-. The zero-order valence-corrected chi connectivity index (χ0v) is 15.2.